The molecule has 4 amide bonds. The second-order valence-corrected chi connectivity index (χ2v) is 7.18. The van der Waals surface area contributed by atoms with Crippen molar-refractivity contribution in [1.82, 2.24) is 10.2 Å². The molecule has 130 valence electrons. The minimum Gasteiger partial charge on any atom is -0.320 e. The van der Waals surface area contributed by atoms with Crippen molar-refractivity contribution in [2.75, 3.05) is 12.0 Å². The standard InChI is InChI=1S/C18H18ClN3O3/c19-12-5-7-13(8-6-12)21-18(25)20-9-22-16(23)14-10-1-2-11(4-3-10)15(14)17(22)24/h1-2,5-8,10-11,14-15H,3-4,9H2,(H2,20,21,25)/t10-,11-,14-,15+/m0/s1. The lowest BCUT2D eigenvalue weighted by atomic mass is 9.63. The summed E-state index contributed by atoms with van der Waals surface area (Å²) in [6.07, 6.45) is 6.06. The Morgan fingerprint density at radius 2 is 1.60 bits per heavy atom. The van der Waals surface area contributed by atoms with Crippen molar-refractivity contribution in [2.45, 2.75) is 12.8 Å². The SMILES string of the molecule is O=C(NCN1C(=O)[C@@H]2[C@H](C1=O)[C@H]1C=C[C@H]2CC1)Nc1ccc(Cl)cc1. The van der Waals surface area contributed by atoms with Crippen LogP contribution in [-0.4, -0.2) is 29.4 Å². The molecule has 6 nitrogen and oxygen atoms in total. The summed E-state index contributed by atoms with van der Waals surface area (Å²) in [6, 6.07) is 6.20. The number of urea groups is 1. The van der Waals surface area contributed by atoms with Crippen molar-refractivity contribution in [3.8, 4) is 0 Å². The van der Waals surface area contributed by atoms with E-state index in [1.807, 2.05) is 0 Å². The number of likely N-dealkylation sites (tertiary alicyclic amines) is 1. The van der Waals surface area contributed by atoms with Gasteiger partial charge in [-0.05, 0) is 48.9 Å². The molecule has 2 N–H and O–H groups in total. The van der Waals surface area contributed by atoms with Crippen molar-refractivity contribution in [3.63, 3.8) is 0 Å². The molecule has 3 aliphatic carbocycles. The van der Waals surface area contributed by atoms with Crippen molar-refractivity contribution < 1.29 is 14.4 Å². The van der Waals surface area contributed by atoms with E-state index in [2.05, 4.69) is 22.8 Å². The van der Waals surface area contributed by atoms with Crippen LogP contribution in [0, 0.1) is 23.7 Å². The lowest BCUT2D eigenvalue weighted by Crippen LogP contribution is -2.43. The molecule has 1 aromatic rings. The van der Waals surface area contributed by atoms with Crippen molar-refractivity contribution in [3.05, 3.63) is 41.4 Å². The van der Waals surface area contributed by atoms with Crippen molar-refractivity contribution in [1.29, 1.82) is 0 Å². The van der Waals surface area contributed by atoms with Gasteiger partial charge in [0.25, 0.3) is 0 Å². The van der Waals surface area contributed by atoms with Crippen LogP contribution in [0.15, 0.2) is 36.4 Å². The Hall–Kier alpha value is -2.34. The van der Waals surface area contributed by atoms with Gasteiger partial charge in [-0.2, -0.15) is 0 Å². The van der Waals surface area contributed by atoms with Crippen LogP contribution in [0.3, 0.4) is 0 Å². The van der Waals surface area contributed by atoms with E-state index in [1.54, 1.807) is 24.3 Å². The Balaban J connectivity index is 1.38. The lowest BCUT2D eigenvalue weighted by Gasteiger charge is -2.38. The van der Waals surface area contributed by atoms with Gasteiger partial charge in [0.05, 0.1) is 11.8 Å². The van der Waals surface area contributed by atoms with E-state index >= 15 is 0 Å². The number of carbonyl (C=O) groups excluding carboxylic acids is 3. The maximum Gasteiger partial charge on any atom is 0.320 e. The predicted octanol–water partition coefficient (Wildman–Crippen LogP) is 2.62. The van der Waals surface area contributed by atoms with Gasteiger partial charge in [0.1, 0.15) is 6.67 Å². The minimum atomic E-state index is -0.473. The number of imide groups is 1. The Morgan fingerprint density at radius 3 is 2.12 bits per heavy atom. The summed E-state index contributed by atoms with van der Waals surface area (Å²) in [5.41, 5.74) is 0.580. The van der Waals surface area contributed by atoms with E-state index in [9.17, 15) is 14.4 Å². The fourth-order valence-electron chi connectivity index (χ4n) is 4.15. The average Bonchev–Trinajstić information content (AvgIpc) is 2.89. The summed E-state index contributed by atoms with van der Waals surface area (Å²) < 4.78 is 0. The number of hydrogen-bond acceptors (Lipinski definition) is 3. The fraction of sp³-hybridized carbons (Fsp3) is 0.389. The summed E-state index contributed by atoms with van der Waals surface area (Å²) in [5.74, 6) is -0.532. The van der Waals surface area contributed by atoms with Crippen LogP contribution < -0.4 is 10.6 Å². The van der Waals surface area contributed by atoms with Gasteiger partial charge in [0, 0.05) is 10.7 Å². The molecule has 5 rings (SSSR count). The van der Waals surface area contributed by atoms with Gasteiger partial charge in [0.2, 0.25) is 11.8 Å². The van der Waals surface area contributed by atoms with Crippen LogP contribution in [0.5, 0.6) is 0 Å². The van der Waals surface area contributed by atoms with Crippen LogP contribution in [0.1, 0.15) is 12.8 Å². The molecule has 1 heterocycles. The number of allylic oxidation sites excluding steroid dienone is 2. The summed E-state index contributed by atoms with van der Waals surface area (Å²) in [7, 11) is 0. The minimum absolute atomic E-state index is 0.108. The molecule has 0 unspecified atom stereocenters. The number of anilines is 1. The molecule has 0 aromatic heterocycles. The average molecular weight is 360 g/mol. The molecule has 7 heteroatoms. The van der Waals surface area contributed by atoms with Crippen LogP contribution in [0.25, 0.3) is 0 Å². The number of carbonyl (C=O) groups is 3. The van der Waals surface area contributed by atoms with Crippen LogP contribution in [0.4, 0.5) is 10.5 Å². The fourth-order valence-corrected chi connectivity index (χ4v) is 4.28. The zero-order chi connectivity index (χ0) is 17.6. The third-order valence-electron chi connectivity index (χ3n) is 5.35. The zero-order valence-corrected chi connectivity index (χ0v) is 14.2. The third-order valence-corrected chi connectivity index (χ3v) is 5.60. The van der Waals surface area contributed by atoms with Crippen LogP contribution in [-0.2, 0) is 9.59 Å². The Labute approximate surface area is 150 Å². The van der Waals surface area contributed by atoms with Gasteiger partial charge >= 0.3 is 6.03 Å². The predicted molar refractivity (Wildman–Crippen MR) is 92.7 cm³/mol. The molecule has 1 aliphatic heterocycles. The maximum absolute atomic E-state index is 12.6. The van der Waals surface area contributed by atoms with E-state index in [4.69, 9.17) is 11.6 Å². The first-order valence-corrected chi connectivity index (χ1v) is 8.76. The van der Waals surface area contributed by atoms with E-state index in [0.717, 1.165) is 12.8 Å². The first kappa shape index (κ1) is 16.1. The smallest absolute Gasteiger partial charge is 0.320 e. The number of hydrogen-bond donors (Lipinski definition) is 2. The first-order chi connectivity index (χ1) is 12.0. The zero-order valence-electron chi connectivity index (χ0n) is 13.4. The highest BCUT2D eigenvalue weighted by atomic mass is 35.5. The molecular formula is C18H18ClN3O3. The van der Waals surface area contributed by atoms with E-state index < -0.39 is 6.03 Å². The molecule has 2 fully saturated rings. The Kier molecular flexibility index (Phi) is 4.00. The number of rotatable bonds is 3. The van der Waals surface area contributed by atoms with Crippen LogP contribution in [0.2, 0.25) is 5.02 Å². The second-order valence-electron chi connectivity index (χ2n) is 6.74. The highest BCUT2D eigenvalue weighted by Gasteiger charge is 2.56. The number of halogens is 1. The first-order valence-electron chi connectivity index (χ1n) is 8.38. The molecule has 1 aromatic carbocycles. The highest BCUT2D eigenvalue weighted by molar-refractivity contribution is 6.30. The molecule has 0 spiro atoms. The normalized spacial score (nSPS) is 29.7. The quantitative estimate of drug-likeness (QED) is 0.643. The summed E-state index contributed by atoms with van der Waals surface area (Å²) >= 11 is 5.80. The highest BCUT2D eigenvalue weighted by Crippen LogP contribution is 2.49. The number of nitrogens with one attached hydrogen (secondary N) is 2. The van der Waals surface area contributed by atoms with Gasteiger partial charge in [-0.3, -0.25) is 14.5 Å². The van der Waals surface area contributed by atoms with E-state index in [0.29, 0.717) is 10.7 Å². The number of amides is 4. The van der Waals surface area contributed by atoms with E-state index in [1.165, 1.54) is 4.90 Å². The van der Waals surface area contributed by atoms with E-state index in [-0.39, 0.29) is 42.2 Å². The molecule has 1 saturated heterocycles. The molecule has 4 atom stereocenters. The molecule has 25 heavy (non-hydrogen) atoms. The maximum atomic E-state index is 12.6. The molecule has 1 saturated carbocycles. The van der Waals surface area contributed by atoms with Gasteiger partial charge in [-0.15, -0.1) is 0 Å². The molecule has 0 radical (unpaired) electrons. The largest absolute Gasteiger partial charge is 0.320 e. The van der Waals surface area contributed by atoms with Gasteiger partial charge in [-0.25, -0.2) is 4.79 Å². The molecule has 2 bridgehead atoms. The summed E-state index contributed by atoms with van der Waals surface area (Å²) in [5, 5.41) is 5.81. The lowest BCUT2D eigenvalue weighted by molar-refractivity contribution is -0.140. The molecular weight excluding hydrogens is 342 g/mol. The van der Waals surface area contributed by atoms with Crippen molar-refractivity contribution >= 4 is 35.1 Å². The Morgan fingerprint density at radius 1 is 1.04 bits per heavy atom. The third kappa shape index (κ3) is 2.80. The van der Waals surface area contributed by atoms with Crippen molar-refractivity contribution in [2.24, 2.45) is 23.7 Å². The molecule has 4 aliphatic rings. The number of benzene rings is 1. The second kappa shape index (κ2) is 6.19. The topological polar surface area (TPSA) is 78.5 Å². The van der Waals surface area contributed by atoms with Crippen LogP contribution >= 0.6 is 11.6 Å². The van der Waals surface area contributed by atoms with Gasteiger partial charge < -0.3 is 10.6 Å². The number of fused-ring (bicyclic) bond motifs is 1. The number of nitrogens with zero attached hydrogens (tertiary/aromatic N) is 1. The summed E-state index contributed by atoms with van der Waals surface area (Å²) in [4.78, 5) is 38.5. The Bertz CT molecular complexity index is 729. The van der Waals surface area contributed by atoms with Gasteiger partial charge in [-0.1, -0.05) is 23.8 Å². The monoisotopic (exact) mass is 359 g/mol. The summed E-state index contributed by atoms with van der Waals surface area (Å²) in [6.45, 7) is -0.108. The van der Waals surface area contributed by atoms with Gasteiger partial charge in [0.15, 0.2) is 0 Å².